The van der Waals surface area contributed by atoms with Crippen LogP contribution in [0.15, 0.2) is 47.4 Å². The van der Waals surface area contributed by atoms with Crippen molar-refractivity contribution < 1.29 is 22.0 Å². The molecule has 5 nitrogen and oxygen atoms in total. The second-order valence-corrected chi connectivity index (χ2v) is 9.08. The van der Waals surface area contributed by atoms with Crippen LogP contribution in [0.2, 0.25) is 0 Å². The molecule has 0 spiro atoms. The highest BCUT2D eigenvalue weighted by atomic mass is 32.2. The highest BCUT2D eigenvalue weighted by Gasteiger charge is 2.37. The lowest BCUT2D eigenvalue weighted by Crippen LogP contribution is -2.46. The SMILES string of the molecule is O=C(C1CCCN(S(=O)(=O)c2ccccc2)C1)N1CCc2c(F)cc(F)cc21. The van der Waals surface area contributed by atoms with E-state index in [9.17, 15) is 22.0 Å². The maximum atomic E-state index is 14.0. The molecule has 0 aliphatic carbocycles. The Labute approximate surface area is 162 Å². The second-order valence-electron chi connectivity index (χ2n) is 7.14. The number of anilines is 1. The highest BCUT2D eigenvalue weighted by Crippen LogP contribution is 2.34. The van der Waals surface area contributed by atoms with Gasteiger partial charge in [0.05, 0.1) is 16.5 Å². The first-order valence-electron chi connectivity index (χ1n) is 9.22. The van der Waals surface area contributed by atoms with Crippen LogP contribution in [-0.2, 0) is 21.2 Å². The second kappa shape index (κ2) is 7.25. The number of rotatable bonds is 3. The Morgan fingerprint density at radius 1 is 1.07 bits per heavy atom. The number of carbonyl (C=O) groups is 1. The number of sulfonamides is 1. The normalized spacial score (nSPS) is 20.2. The van der Waals surface area contributed by atoms with Crippen molar-refractivity contribution in [3.05, 3.63) is 59.7 Å². The number of nitrogens with zero attached hydrogens (tertiary/aromatic N) is 2. The van der Waals surface area contributed by atoms with Crippen molar-refractivity contribution in [1.82, 2.24) is 4.31 Å². The van der Waals surface area contributed by atoms with E-state index >= 15 is 0 Å². The fourth-order valence-electron chi connectivity index (χ4n) is 3.98. The van der Waals surface area contributed by atoms with Crippen LogP contribution in [-0.4, -0.2) is 38.3 Å². The summed E-state index contributed by atoms with van der Waals surface area (Å²) in [4.78, 5) is 14.6. The van der Waals surface area contributed by atoms with Gasteiger partial charge in [0.25, 0.3) is 0 Å². The smallest absolute Gasteiger partial charge is 0.243 e. The molecule has 1 unspecified atom stereocenters. The van der Waals surface area contributed by atoms with Crippen LogP contribution < -0.4 is 4.90 Å². The van der Waals surface area contributed by atoms with Gasteiger partial charge in [0.15, 0.2) is 0 Å². The molecule has 28 heavy (non-hydrogen) atoms. The van der Waals surface area contributed by atoms with Crippen molar-refractivity contribution >= 4 is 21.6 Å². The van der Waals surface area contributed by atoms with Crippen LogP contribution in [0.4, 0.5) is 14.5 Å². The molecular formula is C20H20F2N2O3S. The fourth-order valence-corrected chi connectivity index (χ4v) is 5.52. The lowest BCUT2D eigenvalue weighted by molar-refractivity contribution is -0.123. The van der Waals surface area contributed by atoms with Gasteiger partial charge in [-0.1, -0.05) is 18.2 Å². The molecule has 0 saturated carbocycles. The quantitative estimate of drug-likeness (QED) is 0.788. The molecule has 8 heteroatoms. The van der Waals surface area contributed by atoms with Crippen molar-refractivity contribution in [3.63, 3.8) is 0 Å². The van der Waals surface area contributed by atoms with E-state index in [-0.39, 0.29) is 29.6 Å². The van der Waals surface area contributed by atoms with E-state index in [2.05, 4.69) is 0 Å². The van der Waals surface area contributed by atoms with Crippen LogP contribution in [0.25, 0.3) is 0 Å². The molecule has 0 radical (unpaired) electrons. The number of hydrogen-bond donors (Lipinski definition) is 0. The maximum Gasteiger partial charge on any atom is 0.243 e. The lowest BCUT2D eigenvalue weighted by atomic mass is 9.98. The molecule has 4 rings (SSSR count). The number of fused-ring (bicyclic) bond motifs is 1. The van der Waals surface area contributed by atoms with Gasteiger partial charge >= 0.3 is 0 Å². The zero-order chi connectivity index (χ0) is 19.9. The number of carbonyl (C=O) groups excluding carboxylic acids is 1. The summed E-state index contributed by atoms with van der Waals surface area (Å²) < 4.78 is 54.7. The highest BCUT2D eigenvalue weighted by molar-refractivity contribution is 7.89. The predicted octanol–water partition coefficient (Wildman–Crippen LogP) is 2.95. The van der Waals surface area contributed by atoms with Crippen molar-refractivity contribution in [1.29, 1.82) is 0 Å². The molecule has 2 aliphatic heterocycles. The van der Waals surface area contributed by atoms with Gasteiger partial charge in [0.1, 0.15) is 11.6 Å². The summed E-state index contributed by atoms with van der Waals surface area (Å²) in [6.07, 6.45) is 1.43. The molecule has 2 aromatic rings. The van der Waals surface area contributed by atoms with Gasteiger partial charge in [-0.05, 0) is 37.5 Å². The minimum absolute atomic E-state index is 0.0691. The first kappa shape index (κ1) is 19.0. The van der Waals surface area contributed by atoms with Gasteiger partial charge in [-0.3, -0.25) is 4.79 Å². The number of halogens is 2. The average molecular weight is 406 g/mol. The third-order valence-electron chi connectivity index (χ3n) is 5.39. The van der Waals surface area contributed by atoms with Crippen molar-refractivity contribution in [3.8, 4) is 0 Å². The van der Waals surface area contributed by atoms with E-state index in [1.54, 1.807) is 18.2 Å². The van der Waals surface area contributed by atoms with Crippen LogP contribution in [0.1, 0.15) is 18.4 Å². The van der Waals surface area contributed by atoms with Crippen molar-refractivity contribution in [2.45, 2.75) is 24.2 Å². The number of amides is 1. The molecular weight excluding hydrogens is 386 g/mol. The molecule has 2 heterocycles. The Morgan fingerprint density at radius 2 is 1.82 bits per heavy atom. The van der Waals surface area contributed by atoms with Gasteiger partial charge in [-0.15, -0.1) is 0 Å². The summed E-state index contributed by atoms with van der Waals surface area (Å²) in [5, 5.41) is 0. The number of hydrogen-bond acceptors (Lipinski definition) is 3. The largest absolute Gasteiger partial charge is 0.311 e. The zero-order valence-electron chi connectivity index (χ0n) is 15.1. The Balaban J connectivity index is 1.56. The van der Waals surface area contributed by atoms with Crippen LogP contribution in [0.3, 0.4) is 0 Å². The molecule has 0 bridgehead atoms. The lowest BCUT2D eigenvalue weighted by Gasteiger charge is -2.33. The molecule has 1 amide bonds. The Bertz CT molecular complexity index is 1010. The van der Waals surface area contributed by atoms with E-state index < -0.39 is 27.6 Å². The van der Waals surface area contributed by atoms with Crippen molar-refractivity contribution in [2.75, 3.05) is 24.5 Å². The molecule has 1 atom stereocenters. The van der Waals surface area contributed by atoms with Crippen molar-refractivity contribution in [2.24, 2.45) is 5.92 Å². The molecule has 0 aromatic heterocycles. The van der Waals surface area contributed by atoms with E-state index in [1.807, 2.05) is 0 Å². The first-order chi connectivity index (χ1) is 13.4. The van der Waals surface area contributed by atoms with Crippen LogP contribution in [0.5, 0.6) is 0 Å². The maximum absolute atomic E-state index is 14.0. The number of piperidine rings is 1. The van der Waals surface area contributed by atoms with Crippen LogP contribution >= 0.6 is 0 Å². The summed E-state index contributed by atoms with van der Waals surface area (Å²) in [6, 6.07) is 10.1. The summed E-state index contributed by atoms with van der Waals surface area (Å²) in [7, 11) is -3.68. The number of benzene rings is 2. The minimum Gasteiger partial charge on any atom is -0.311 e. The first-order valence-corrected chi connectivity index (χ1v) is 10.7. The predicted molar refractivity (Wildman–Crippen MR) is 100 cm³/mol. The van der Waals surface area contributed by atoms with E-state index in [1.165, 1.54) is 27.4 Å². The summed E-state index contributed by atoms with van der Waals surface area (Å²) in [5.74, 6) is -2.20. The summed E-state index contributed by atoms with van der Waals surface area (Å²) >= 11 is 0. The summed E-state index contributed by atoms with van der Waals surface area (Å²) in [5.41, 5.74) is 0.588. The van der Waals surface area contributed by atoms with E-state index in [0.717, 1.165) is 6.07 Å². The van der Waals surface area contributed by atoms with Crippen LogP contribution in [0, 0.1) is 17.6 Å². The summed E-state index contributed by atoms with van der Waals surface area (Å²) in [6.45, 7) is 0.691. The molecule has 1 saturated heterocycles. The minimum atomic E-state index is -3.68. The topological polar surface area (TPSA) is 57.7 Å². The van der Waals surface area contributed by atoms with E-state index in [4.69, 9.17) is 0 Å². The van der Waals surface area contributed by atoms with Gasteiger partial charge in [0, 0.05) is 31.3 Å². The van der Waals surface area contributed by atoms with E-state index in [0.29, 0.717) is 31.4 Å². The standard InChI is InChI=1S/C20H20F2N2O3S/c21-15-11-18(22)17-8-10-24(19(17)12-15)20(25)14-5-4-9-23(13-14)28(26,27)16-6-2-1-3-7-16/h1-3,6-7,11-12,14H,4-5,8-10,13H2. The van der Waals surface area contributed by atoms with Gasteiger partial charge < -0.3 is 4.90 Å². The van der Waals surface area contributed by atoms with Gasteiger partial charge in [-0.2, -0.15) is 4.31 Å². The monoisotopic (exact) mass is 406 g/mol. The molecule has 0 N–H and O–H groups in total. The molecule has 1 fully saturated rings. The average Bonchev–Trinajstić information content (AvgIpc) is 3.12. The van der Waals surface area contributed by atoms with Gasteiger partial charge in [-0.25, -0.2) is 17.2 Å². The third kappa shape index (κ3) is 3.31. The Kier molecular flexibility index (Phi) is 4.93. The molecule has 2 aliphatic rings. The molecule has 2 aromatic carbocycles. The Morgan fingerprint density at radius 3 is 2.57 bits per heavy atom. The van der Waals surface area contributed by atoms with Gasteiger partial charge in [0.2, 0.25) is 15.9 Å². The Hall–Kier alpha value is -2.32. The zero-order valence-corrected chi connectivity index (χ0v) is 16.0. The molecule has 148 valence electrons. The fraction of sp³-hybridized carbons (Fsp3) is 0.350. The third-order valence-corrected chi connectivity index (χ3v) is 7.27.